The number of halogens is 2. The molecule has 0 aliphatic carbocycles. The van der Waals surface area contributed by atoms with Crippen molar-refractivity contribution in [3.63, 3.8) is 0 Å². The van der Waals surface area contributed by atoms with Crippen molar-refractivity contribution in [2.75, 3.05) is 20.2 Å². The molecule has 0 amide bonds. The molecule has 2 rings (SSSR count). The molecule has 1 aliphatic rings. The maximum Gasteiger partial charge on any atom is 0.303 e. The Morgan fingerprint density at radius 1 is 1.62 bits per heavy atom. The fourth-order valence-corrected chi connectivity index (χ4v) is 2.82. The number of carboxylic acids is 1. The maximum absolute atomic E-state index is 14.2. The van der Waals surface area contributed by atoms with Crippen LogP contribution in [0.4, 0.5) is 4.39 Å². The molecule has 0 saturated carbocycles. The molecule has 21 heavy (non-hydrogen) atoms. The summed E-state index contributed by atoms with van der Waals surface area (Å²) in [6.45, 7) is 1.55. The number of hydrogen-bond acceptors (Lipinski definition) is 4. The predicted molar refractivity (Wildman–Crippen MR) is 75.3 cm³/mol. The fraction of sp³-hybridized carbons (Fsp3) is 0.500. The van der Waals surface area contributed by atoms with Gasteiger partial charge in [0.1, 0.15) is 16.5 Å². The van der Waals surface area contributed by atoms with Gasteiger partial charge in [-0.1, -0.05) is 11.6 Å². The standard InChI is InChI=1S/C14H17ClFNO4/c1-21-11-5-10(18)13(15)14(16)9(11)7-17-3-2-8(6-17)4-12(19)20/h5,8,18H,2-4,6-7H2,1H3,(H,19,20). The molecule has 0 aromatic heterocycles. The molecule has 7 heteroatoms. The van der Waals surface area contributed by atoms with Crippen LogP contribution in [0, 0.1) is 11.7 Å². The number of ether oxygens (including phenoxy) is 1. The number of hydrogen-bond donors (Lipinski definition) is 2. The van der Waals surface area contributed by atoms with Crippen molar-refractivity contribution in [3.05, 3.63) is 22.5 Å². The third kappa shape index (κ3) is 3.57. The zero-order valence-corrected chi connectivity index (χ0v) is 12.4. The molecule has 1 aromatic carbocycles. The second kappa shape index (κ2) is 6.49. The normalized spacial score (nSPS) is 18.9. The molecular weight excluding hydrogens is 301 g/mol. The Kier molecular flexibility index (Phi) is 4.90. The summed E-state index contributed by atoms with van der Waals surface area (Å²) in [6, 6.07) is 1.28. The van der Waals surface area contributed by atoms with E-state index in [-0.39, 0.29) is 41.0 Å². The first-order chi connectivity index (χ1) is 9.92. The summed E-state index contributed by atoms with van der Waals surface area (Å²) in [5, 5.41) is 18.0. The number of aromatic hydroxyl groups is 1. The fourth-order valence-electron chi connectivity index (χ4n) is 2.65. The summed E-state index contributed by atoms with van der Waals surface area (Å²) in [5.74, 6) is -1.58. The van der Waals surface area contributed by atoms with Gasteiger partial charge in [0.25, 0.3) is 0 Å². The number of rotatable bonds is 5. The minimum atomic E-state index is -0.821. The van der Waals surface area contributed by atoms with Gasteiger partial charge in [0.2, 0.25) is 0 Å². The minimum Gasteiger partial charge on any atom is -0.506 e. The topological polar surface area (TPSA) is 70.0 Å². The van der Waals surface area contributed by atoms with Crippen LogP contribution in [0.2, 0.25) is 5.02 Å². The van der Waals surface area contributed by atoms with E-state index >= 15 is 0 Å². The van der Waals surface area contributed by atoms with E-state index < -0.39 is 11.8 Å². The summed E-state index contributed by atoms with van der Waals surface area (Å²) in [6.07, 6.45) is 0.883. The predicted octanol–water partition coefficient (Wildman–Crippen LogP) is 2.49. The van der Waals surface area contributed by atoms with Gasteiger partial charge in [-0.3, -0.25) is 9.69 Å². The summed E-state index contributed by atoms with van der Waals surface area (Å²) >= 11 is 5.72. The lowest BCUT2D eigenvalue weighted by Crippen LogP contribution is -2.22. The van der Waals surface area contributed by atoms with Crippen LogP contribution in [0.3, 0.4) is 0 Å². The van der Waals surface area contributed by atoms with Crippen LogP contribution in [0.25, 0.3) is 0 Å². The Morgan fingerprint density at radius 2 is 2.33 bits per heavy atom. The second-order valence-corrected chi connectivity index (χ2v) is 5.57. The largest absolute Gasteiger partial charge is 0.506 e. The average molecular weight is 318 g/mol. The zero-order chi connectivity index (χ0) is 15.6. The highest BCUT2D eigenvalue weighted by Crippen LogP contribution is 2.36. The molecule has 0 radical (unpaired) electrons. The Bertz CT molecular complexity index is 552. The monoisotopic (exact) mass is 317 g/mol. The minimum absolute atomic E-state index is 0.0733. The number of carboxylic acid groups (broad SMARTS) is 1. The van der Waals surface area contributed by atoms with E-state index in [0.717, 1.165) is 6.42 Å². The number of phenols is 1. The molecule has 1 fully saturated rings. The van der Waals surface area contributed by atoms with E-state index in [4.69, 9.17) is 21.4 Å². The van der Waals surface area contributed by atoms with Crippen molar-refractivity contribution in [3.8, 4) is 11.5 Å². The van der Waals surface area contributed by atoms with Gasteiger partial charge < -0.3 is 14.9 Å². The van der Waals surface area contributed by atoms with Gasteiger partial charge in [-0.2, -0.15) is 0 Å². The second-order valence-electron chi connectivity index (χ2n) is 5.19. The summed E-state index contributed by atoms with van der Waals surface area (Å²) < 4.78 is 19.3. The summed E-state index contributed by atoms with van der Waals surface area (Å²) in [7, 11) is 1.39. The zero-order valence-electron chi connectivity index (χ0n) is 11.6. The maximum atomic E-state index is 14.2. The molecule has 1 saturated heterocycles. The van der Waals surface area contributed by atoms with E-state index in [2.05, 4.69) is 0 Å². The molecular formula is C14H17ClFNO4. The van der Waals surface area contributed by atoms with Crippen molar-refractivity contribution < 1.29 is 24.1 Å². The van der Waals surface area contributed by atoms with Crippen LogP contribution in [0.1, 0.15) is 18.4 Å². The lowest BCUT2D eigenvalue weighted by molar-refractivity contribution is -0.138. The Balaban J connectivity index is 2.13. The number of aliphatic carboxylic acids is 1. The number of nitrogens with zero attached hydrogens (tertiary/aromatic N) is 1. The Morgan fingerprint density at radius 3 is 2.95 bits per heavy atom. The van der Waals surface area contributed by atoms with Crippen molar-refractivity contribution in [2.45, 2.75) is 19.4 Å². The van der Waals surface area contributed by atoms with Crippen LogP contribution in [0.5, 0.6) is 11.5 Å². The lowest BCUT2D eigenvalue weighted by Gasteiger charge is -2.19. The smallest absolute Gasteiger partial charge is 0.303 e. The molecule has 1 aromatic rings. The first-order valence-corrected chi connectivity index (χ1v) is 6.98. The van der Waals surface area contributed by atoms with Crippen molar-refractivity contribution in [1.29, 1.82) is 0 Å². The number of phenolic OH excluding ortho intramolecular Hbond substituents is 1. The highest BCUT2D eigenvalue weighted by molar-refractivity contribution is 6.32. The molecule has 116 valence electrons. The molecule has 1 atom stereocenters. The SMILES string of the molecule is COc1cc(O)c(Cl)c(F)c1CN1CCC(CC(=O)O)C1. The quantitative estimate of drug-likeness (QED) is 0.873. The first-order valence-electron chi connectivity index (χ1n) is 6.60. The van der Waals surface area contributed by atoms with Crippen LogP contribution in [-0.4, -0.2) is 41.3 Å². The number of benzene rings is 1. The highest BCUT2D eigenvalue weighted by Gasteiger charge is 2.27. The third-order valence-corrected chi connectivity index (χ3v) is 4.04. The molecule has 1 aliphatic heterocycles. The van der Waals surface area contributed by atoms with Gasteiger partial charge in [0, 0.05) is 31.1 Å². The number of carbonyl (C=O) groups is 1. The van der Waals surface area contributed by atoms with Gasteiger partial charge in [-0.25, -0.2) is 4.39 Å². The molecule has 0 spiro atoms. The molecule has 5 nitrogen and oxygen atoms in total. The van der Waals surface area contributed by atoms with E-state index in [1.807, 2.05) is 4.90 Å². The van der Waals surface area contributed by atoms with Gasteiger partial charge in [-0.15, -0.1) is 0 Å². The van der Waals surface area contributed by atoms with Crippen LogP contribution in [0.15, 0.2) is 6.07 Å². The van der Waals surface area contributed by atoms with E-state index in [1.165, 1.54) is 13.2 Å². The van der Waals surface area contributed by atoms with Crippen LogP contribution < -0.4 is 4.74 Å². The average Bonchev–Trinajstić information content (AvgIpc) is 2.85. The van der Waals surface area contributed by atoms with Crippen LogP contribution >= 0.6 is 11.6 Å². The molecule has 0 bridgehead atoms. The van der Waals surface area contributed by atoms with Gasteiger partial charge in [0.15, 0.2) is 5.82 Å². The Labute approximate surface area is 126 Å². The Hall–Kier alpha value is -1.53. The van der Waals surface area contributed by atoms with Crippen molar-refractivity contribution in [1.82, 2.24) is 4.90 Å². The number of likely N-dealkylation sites (tertiary alicyclic amines) is 1. The lowest BCUT2D eigenvalue weighted by atomic mass is 10.1. The van der Waals surface area contributed by atoms with Gasteiger partial charge in [-0.05, 0) is 18.9 Å². The van der Waals surface area contributed by atoms with E-state index in [9.17, 15) is 14.3 Å². The highest BCUT2D eigenvalue weighted by atomic mass is 35.5. The van der Waals surface area contributed by atoms with Crippen molar-refractivity contribution in [2.24, 2.45) is 5.92 Å². The van der Waals surface area contributed by atoms with Gasteiger partial charge >= 0.3 is 5.97 Å². The number of methoxy groups -OCH3 is 1. The van der Waals surface area contributed by atoms with E-state index in [1.54, 1.807) is 0 Å². The molecule has 2 N–H and O–H groups in total. The summed E-state index contributed by atoms with van der Waals surface area (Å²) in [4.78, 5) is 12.7. The van der Waals surface area contributed by atoms with E-state index in [0.29, 0.717) is 13.1 Å². The first kappa shape index (κ1) is 15.9. The third-order valence-electron chi connectivity index (χ3n) is 3.68. The summed E-state index contributed by atoms with van der Waals surface area (Å²) in [5.41, 5.74) is 0.274. The van der Waals surface area contributed by atoms with Gasteiger partial charge in [0.05, 0.1) is 7.11 Å². The van der Waals surface area contributed by atoms with Crippen molar-refractivity contribution >= 4 is 17.6 Å². The van der Waals surface area contributed by atoms with Crippen LogP contribution in [-0.2, 0) is 11.3 Å². The molecule has 1 heterocycles. The molecule has 1 unspecified atom stereocenters.